The normalized spacial score (nSPS) is 26.9. The maximum Gasteiger partial charge on any atom is 0.237 e. The third-order valence-electron chi connectivity index (χ3n) is 4.69. The highest BCUT2D eigenvalue weighted by Crippen LogP contribution is 2.28. The Kier molecular flexibility index (Phi) is 4.67. The Hall–Kier alpha value is -1.87. The molecule has 0 bridgehead atoms. The van der Waals surface area contributed by atoms with Crippen LogP contribution in [0.2, 0.25) is 0 Å². The van der Waals surface area contributed by atoms with Crippen molar-refractivity contribution in [1.29, 1.82) is 5.26 Å². The van der Waals surface area contributed by atoms with E-state index < -0.39 is 5.92 Å². The van der Waals surface area contributed by atoms with E-state index >= 15 is 0 Å². The number of piperidine rings is 2. The molecule has 5 nitrogen and oxygen atoms in total. The number of nitrogens with zero attached hydrogens (tertiary/aromatic N) is 2. The van der Waals surface area contributed by atoms with Gasteiger partial charge in [0, 0.05) is 23.6 Å². The smallest absolute Gasteiger partial charge is 0.237 e. The maximum absolute atomic E-state index is 12.5. The first kappa shape index (κ1) is 16.0. The van der Waals surface area contributed by atoms with Crippen LogP contribution in [0.25, 0.3) is 0 Å². The van der Waals surface area contributed by atoms with Crippen LogP contribution in [0.1, 0.15) is 18.4 Å². The van der Waals surface area contributed by atoms with Gasteiger partial charge >= 0.3 is 0 Å². The summed E-state index contributed by atoms with van der Waals surface area (Å²) in [5.41, 5.74) is 0.993. The monoisotopic (exact) mass is 375 g/mol. The molecule has 2 fully saturated rings. The molecule has 0 saturated carbocycles. The fourth-order valence-electron chi connectivity index (χ4n) is 3.38. The summed E-state index contributed by atoms with van der Waals surface area (Å²) in [4.78, 5) is 26.1. The van der Waals surface area contributed by atoms with Crippen molar-refractivity contribution < 1.29 is 9.59 Å². The predicted molar refractivity (Wildman–Crippen MR) is 88.2 cm³/mol. The average molecular weight is 376 g/mol. The Morgan fingerprint density at radius 1 is 1.39 bits per heavy atom. The molecule has 120 valence electrons. The van der Waals surface area contributed by atoms with Gasteiger partial charge in [-0.05, 0) is 36.5 Å². The molecule has 2 amide bonds. The molecule has 0 aliphatic carbocycles. The lowest BCUT2D eigenvalue weighted by Crippen LogP contribution is -2.57. The number of fused-ring (bicyclic) bond motifs is 1. The number of halogens is 1. The van der Waals surface area contributed by atoms with E-state index in [0.717, 1.165) is 16.5 Å². The van der Waals surface area contributed by atoms with Crippen LogP contribution in [0, 0.1) is 23.2 Å². The van der Waals surface area contributed by atoms with Crippen molar-refractivity contribution in [3.63, 3.8) is 0 Å². The minimum absolute atomic E-state index is 0.101. The van der Waals surface area contributed by atoms with Crippen molar-refractivity contribution >= 4 is 27.7 Å². The summed E-state index contributed by atoms with van der Waals surface area (Å²) in [7, 11) is 0. The highest BCUT2D eigenvalue weighted by molar-refractivity contribution is 9.10. The fraction of sp³-hybridized carbons (Fsp3) is 0.471. The third-order valence-corrected chi connectivity index (χ3v) is 5.22. The molecule has 0 radical (unpaired) electrons. The minimum atomic E-state index is -0.585. The largest absolute Gasteiger partial charge is 0.352 e. The van der Waals surface area contributed by atoms with Crippen molar-refractivity contribution in [1.82, 2.24) is 10.2 Å². The van der Waals surface area contributed by atoms with Crippen LogP contribution in [0.4, 0.5) is 0 Å². The van der Waals surface area contributed by atoms with Gasteiger partial charge in [-0.3, -0.25) is 9.59 Å². The number of hydrogen-bond donors (Lipinski definition) is 1. The zero-order chi connectivity index (χ0) is 16.4. The number of amides is 2. The quantitative estimate of drug-likeness (QED) is 0.857. The second-order valence-corrected chi connectivity index (χ2v) is 7.14. The van der Waals surface area contributed by atoms with Crippen molar-refractivity contribution in [3.05, 3.63) is 34.3 Å². The van der Waals surface area contributed by atoms with Gasteiger partial charge in [0.05, 0.1) is 12.5 Å². The molecular formula is C17H18BrN3O2. The molecule has 3 unspecified atom stereocenters. The first-order valence-electron chi connectivity index (χ1n) is 7.79. The Morgan fingerprint density at radius 3 is 2.83 bits per heavy atom. The topological polar surface area (TPSA) is 73.2 Å². The summed E-state index contributed by atoms with van der Waals surface area (Å²) in [6.07, 6.45) is 1.70. The summed E-state index contributed by atoms with van der Waals surface area (Å²) in [5.74, 6) is -0.461. The van der Waals surface area contributed by atoms with E-state index in [-0.39, 0.29) is 23.8 Å². The van der Waals surface area contributed by atoms with E-state index in [1.165, 1.54) is 0 Å². The summed E-state index contributed by atoms with van der Waals surface area (Å²) in [6.45, 7) is 1.28. The first-order valence-corrected chi connectivity index (χ1v) is 8.58. The fourth-order valence-corrected chi connectivity index (χ4v) is 3.65. The number of nitriles is 1. The summed E-state index contributed by atoms with van der Waals surface area (Å²) in [6, 6.07) is 9.92. The Balaban J connectivity index is 1.62. The predicted octanol–water partition coefficient (Wildman–Crippen LogP) is 1.87. The van der Waals surface area contributed by atoms with Gasteiger partial charge < -0.3 is 10.2 Å². The molecule has 1 aromatic carbocycles. The van der Waals surface area contributed by atoms with Crippen molar-refractivity contribution in [2.75, 3.05) is 13.1 Å². The average Bonchev–Trinajstić information content (AvgIpc) is 2.55. The van der Waals surface area contributed by atoms with E-state index in [1.807, 2.05) is 29.2 Å². The van der Waals surface area contributed by atoms with Crippen LogP contribution in [-0.2, 0) is 16.0 Å². The van der Waals surface area contributed by atoms with Crippen LogP contribution in [0.5, 0.6) is 0 Å². The first-order chi connectivity index (χ1) is 11.1. The zero-order valence-electron chi connectivity index (χ0n) is 12.7. The van der Waals surface area contributed by atoms with Gasteiger partial charge in [-0.2, -0.15) is 5.26 Å². The van der Waals surface area contributed by atoms with Gasteiger partial charge in [0.2, 0.25) is 11.8 Å². The number of rotatable bonds is 2. The highest BCUT2D eigenvalue weighted by Gasteiger charge is 2.39. The number of likely N-dealkylation sites (tertiary alicyclic amines) is 1. The van der Waals surface area contributed by atoms with Gasteiger partial charge in [0.15, 0.2) is 0 Å². The second kappa shape index (κ2) is 6.71. The van der Waals surface area contributed by atoms with Crippen molar-refractivity contribution in [3.8, 4) is 6.07 Å². The molecule has 3 rings (SSSR count). The van der Waals surface area contributed by atoms with E-state index in [9.17, 15) is 9.59 Å². The number of hydrogen-bond acceptors (Lipinski definition) is 3. The van der Waals surface area contributed by atoms with Gasteiger partial charge in [-0.1, -0.05) is 28.1 Å². The van der Waals surface area contributed by atoms with Gasteiger partial charge in [0.1, 0.15) is 5.92 Å². The lowest BCUT2D eigenvalue weighted by atomic mass is 9.80. The summed E-state index contributed by atoms with van der Waals surface area (Å²) < 4.78 is 0.995. The van der Waals surface area contributed by atoms with Crippen molar-refractivity contribution in [2.24, 2.45) is 11.8 Å². The molecule has 6 heteroatoms. The lowest BCUT2D eigenvalue weighted by molar-refractivity contribution is -0.135. The Labute approximate surface area is 143 Å². The molecular weight excluding hydrogens is 358 g/mol. The molecule has 2 heterocycles. The van der Waals surface area contributed by atoms with Crippen LogP contribution >= 0.6 is 15.9 Å². The number of carbonyl (C=O) groups is 2. The number of carbonyl (C=O) groups excluding carboxylic acids is 2. The van der Waals surface area contributed by atoms with Crippen molar-refractivity contribution in [2.45, 2.75) is 25.3 Å². The molecule has 2 saturated heterocycles. The number of nitrogens with one attached hydrogen (secondary N) is 1. The maximum atomic E-state index is 12.5. The van der Waals surface area contributed by atoms with Crippen LogP contribution in [-0.4, -0.2) is 35.8 Å². The van der Waals surface area contributed by atoms with Gasteiger partial charge in [-0.15, -0.1) is 0 Å². The highest BCUT2D eigenvalue weighted by atomic mass is 79.9. The Bertz CT molecular complexity index is 653. The lowest BCUT2D eigenvalue weighted by Gasteiger charge is -2.42. The van der Waals surface area contributed by atoms with E-state index in [0.29, 0.717) is 25.9 Å². The third kappa shape index (κ3) is 3.56. The molecule has 3 atom stereocenters. The molecule has 2 aliphatic heterocycles. The molecule has 2 aliphatic rings. The second-order valence-electron chi connectivity index (χ2n) is 6.22. The number of benzene rings is 1. The van der Waals surface area contributed by atoms with Crippen LogP contribution in [0.15, 0.2) is 28.7 Å². The molecule has 1 N–H and O–H groups in total. The van der Waals surface area contributed by atoms with E-state index in [4.69, 9.17) is 5.26 Å². The van der Waals surface area contributed by atoms with Gasteiger partial charge in [-0.25, -0.2) is 0 Å². The Morgan fingerprint density at radius 2 is 2.13 bits per heavy atom. The van der Waals surface area contributed by atoms with Crippen LogP contribution < -0.4 is 5.32 Å². The molecule has 23 heavy (non-hydrogen) atoms. The van der Waals surface area contributed by atoms with E-state index in [1.54, 1.807) is 0 Å². The summed E-state index contributed by atoms with van der Waals surface area (Å²) in [5, 5.41) is 12.0. The van der Waals surface area contributed by atoms with Crippen LogP contribution in [0.3, 0.4) is 0 Å². The SMILES string of the molecule is N#CC1CC2CN(C(=O)Cc3ccc(Br)cc3)CCC2NC1=O. The minimum Gasteiger partial charge on any atom is -0.352 e. The molecule has 0 spiro atoms. The van der Waals surface area contributed by atoms with E-state index in [2.05, 4.69) is 27.3 Å². The zero-order valence-corrected chi connectivity index (χ0v) is 14.3. The molecule has 0 aromatic heterocycles. The standard InChI is InChI=1S/C17H18BrN3O2/c18-14-3-1-11(2-4-14)7-16(22)21-6-5-15-13(10-21)8-12(9-19)17(23)20-15/h1-4,12-13,15H,5-8,10H2,(H,20,23). The van der Waals surface area contributed by atoms with Gasteiger partial charge in [0.25, 0.3) is 0 Å². The summed E-state index contributed by atoms with van der Waals surface area (Å²) >= 11 is 3.39. The molecule has 1 aromatic rings.